The highest BCUT2D eigenvalue weighted by Gasteiger charge is 2.16. The van der Waals surface area contributed by atoms with Gasteiger partial charge in [-0.1, -0.05) is 85.7 Å². The number of hydrogen-bond donors (Lipinski definition) is 0. The first-order chi connectivity index (χ1) is 10.7. The van der Waals surface area contributed by atoms with Gasteiger partial charge in [0, 0.05) is 3.57 Å². The van der Waals surface area contributed by atoms with Crippen LogP contribution in [0.3, 0.4) is 0 Å². The Hall–Kier alpha value is -1.31. The molecule has 0 atom stereocenters. The van der Waals surface area contributed by atoms with Crippen molar-refractivity contribution in [2.24, 2.45) is 0 Å². The Balaban J connectivity index is 2.27. The number of halogens is 1. The summed E-state index contributed by atoms with van der Waals surface area (Å²) >= 11 is 2.43. The van der Waals surface area contributed by atoms with Gasteiger partial charge in [-0.15, -0.1) is 0 Å². The van der Waals surface area contributed by atoms with E-state index in [0.29, 0.717) is 0 Å². The second-order valence-corrected chi connectivity index (χ2v) is 10.0. The predicted molar refractivity (Wildman–Crippen MR) is 109 cm³/mol. The molecule has 0 unspecified atom stereocenters. The van der Waals surface area contributed by atoms with Gasteiger partial charge in [0.1, 0.15) is 0 Å². The first-order valence-electron chi connectivity index (χ1n) is 7.28. The first-order valence-corrected chi connectivity index (χ1v) is 10.7. The molecule has 22 heavy (non-hydrogen) atoms. The first kappa shape index (κ1) is 15.6. The van der Waals surface area contributed by atoms with Gasteiger partial charge in [-0.05, 0) is 57.3 Å². The Morgan fingerprint density at radius 1 is 0.682 bits per heavy atom. The lowest BCUT2D eigenvalue weighted by Gasteiger charge is -2.23. The molecule has 3 aromatic rings. The molecule has 0 spiro atoms. The van der Waals surface area contributed by atoms with Crippen LogP contribution in [0.5, 0.6) is 0 Å². The monoisotopic (exact) mass is 416 g/mol. The molecule has 0 aliphatic heterocycles. The second-order valence-electron chi connectivity index (χ2n) is 5.40. The fourth-order valence-corrected chi connectivity index (χ4v) is 6.38. The molecule has 3 aromatic carbocycles. The minimum absolute atomic E-state index is 1.30. The normalized spacial score (nSPS) is 11.2. The minimum atomic E-state index is -1.55. The zero-order valence-corrected chi connectivity index (χ0v) is 15.5. The Labute approximate surface area is 146 Å². The fourth-order valence-electron chi connectivity index (χ4n) is 2.63. The molecule has 0 fully saturated rings. The SMILES string of the molecule is CP(=Cc1ccccc1I)(c1ccccc1)c1ccccc1. The van der Waals surface area contributed by atoms with Crippen LogP contribution in [-0.2, 0) is 0 Å². The summed E-state index contributed by atoms with van der Waals surface area (Å²) in [6.45, 7) is 0.851. The van der Waals surface area contributed by atoms with E-state index in [4.69, 9.17) is 0 Å². The van der Waals surface area contributed by atoms with Gasteiger partial charge >= 0.3 is 0 Å². The summed E-state index contributed by atoms with van der Waals surface area (Å²) in [6, 6.07) is 30.4. The molecule has 2 heteroatoms. The van der Waals surface area contributed by atoms with Crippen LogP contribution in [0.25, 0.3) is 0 Å². The molecule has 0 heterocycles. The lowest BCUT2D eigenvalue weighted by Crippen LogP contribution is -2.17. The van der Waals surface area contributed by atoms with Gasteiger partial charge in [0.15, 0.2) is 0 Å². The maximum atomic E-state index is 2.49. The fraction of sp³-hybridized carbons (Fsp3) is 0.0500. The van der Waals surface area contributed by atoms with Crippen molar-refractivity contribution in [3.05, 3.63) is 94.1 Å². The summed E-state index contributed by atoms with van der Waals surface area (Å²) in [5.74, 6) is 2.49. The topological polar surface area (TPSA) is 0 Å². The van der Waals surface area contributed by atoms with E-state index in [0.717, 1.165) is 0 Å². The molecule has 0 saturated heterocycles. The van der Waals surface area contributed by atoms with E-state index < -0.39 is 6.89 Å². The van der Waals surface area contributed by atoms with Crippen LogP contribution in [0, 0.1) is 3.57 Å². The van der Waals surface area contributed by atoms with E-state index in [1.54, 1.807) is 0 Å². The van der Waals surface area contributed by atoms with E-state index in [1.807, 2.05) is 0 Å². The second kappa shape index (κ2) is 6.85. The Bertz CT molecular complexity index is 764. The van der Waals surface area contributed by atoms with Crippen LogP contribution in [0.1, 0.15) is 5.56 Å². The van der Waals surface area contributed by atoms with E-state index >= 15 is 0 Å². The summed E-state index contributed by atoms with van der Waals surface area (Å²) in [5, 5.41) is 2.83. The van der Waals surface area contributed by atoms with Crippen LogP contribution >= 0.6 is 29.5 Å². The van der Waals surface area contributed by atoms with Crippen molar-refractivity contribution < 1.29 is 0 Å². The third-order valence-corrected chi connectivity index (χ3v) is 8.41. The van der Waals surface area contributed by atoms with Gasteiger partial charge in [0.05, 0.1) is 0 Å². The Kier molecular flexibility index (Phi) is 4.85. The molecule has 3 rings (SSSR count). The van der Waals surface area contributed by atoms with Crippen LogP contribution < -0.4 is 10.6 Å². The minimum Gasteiger partial charge on any atom is -0.0622 e. The highest BCUT2D eigenvalue weighted by Crippen LogP contribution is 2.41. The maximum Gasteiger partial charge on any atom is 0.0203 e. The van der Waals surface area contributed by atoms with Crippen molar-refractivity contribution in [2.75, 3.05) is 6.66 Å². The number of rotatable bonds is 3. The summed E-state index contributed by atoms with van der Waals surface area (Å²) in [7, 11) is 0. The lowest BCUT2D eigenvalue weighted by molar-refractivity contribution is 1.62. The van der Waals surface area contributed by atoms with Crippen molar-refractivity contribution in [1.29, 1.82) is 0 Å². The highest BCUT2D eigenvalue weighted by atomic mass is 127. The highest BCUT2D eigenvalue weighted by molar-refractivity contribution is 14.1. The molecule has 0 aliphatic carbocycles. The zero-order valence-electron chi connectivity index (χ0n) is 12.5. The van der Waals surface area contributed by atoms with E-state index in [-0.39, 0.29) is 0 Å². The van der Waals surface area contributed by atoms with Gasteiger partial charge in [-0.25, -0.2) is 0 Å². The molecule has 110 valence electrons. The summed E-state index contributed by atoms with van der Waals surface area (Å²) < 4.78 is 1.30. The zero-order chi connectivity index (χ0) is 15.4. The summed E-state index contributed by atoms with van der Waals surface area (Å²) in [5.41, 5.74) is 1.33. The molecule has 0 bridgehead atoms. The quantitative estimate of drug-likeness (QED) is 0.428. The van der Waals surface area contributed by atoms with Crippen LogP contribution in [0.2, 0.25) is 0 Å². The smallest absolute Gasteiger partial charge is 0.0203 e. The standard InChI is InChI=1S/C20H18IP/c1-22(18-11-4-2-5-12-18,19-13-6-3-7-14-19)16-17-10-8-9-15-20(17)21/h2-16H,1H3. The molecule has 0 aromatic heterocycles. The van der Waals surface area contributed by atoms with Crippen molar-refractivity contribution >= 4 is 45.9 Å². The lowest BCUT2D eigenvalue weighted by atomic mass is 10.2. The summed E-state index contributed by atoms with van der Waals surface area (Å²) in [4.78, 5) is 0. The average molecular weight is 416 g/mol. The van der Waals surface area contributed by atoms with E-state index in [2.05, 4.69) is 120 Å². The molecule has 0 N–H and O–H groups in total. The van der Waals surface area contributed by atoms with Crippen molar-refractivity contribution in [3.8, 4) is 0 Å². The predicted octanol–water partition coefficient (Wildman–Crippen LogP) is 4.74. The molecular weight excluding hydrogens is 398 g/mol. The number of benzene rings is 3. The molecule has 0 aliphatic rings. The molecule has 0 radical (unpaired) electrons. The van der Waals surface area contributed by atoms with Gasteiger partial charge in [-0.2, -0.15) is 0 Å². The van der Waals surface area contributed by atoms with Gasteiger partial charge in [0.25, 0.3) is 0 Å². The van der Waals surface area contributed by atoms with Gasteiger partial charge < -0.3 is 0 Å². The molecule has 0 saturated carbocycles. The van der Waals surface area contributed by atoms with Crippen LogP contribution in [-0.4, -0.2) is 12.5 Å². The largest absolute Gasteiger partial charge is 0.0622 e. The molecular formula is C20H18IP. The van der Waals surface area contributed by atoms with Crippen molar-refractivity contribution in [2.45, 2.75) is 0 Å². The van der Waals surface area contributed by atoms with Gasteiger partial charge in [0.2, 0.25) is 0 Å². The van der Waals surface area contributed by atoms with Crippen LogP contribution in [0.4, 0.5) is 0 Å². The van der Waals surface area contributed by atoms with Crippen LogP contribution in [0.15, 0.2) is 84.9 Å². The third-order valence-electron chi connectivity index (χ3n) is 3.89. The Morgan fingerprint density at radius 2 is 1.14 bits per heavy atom. The van der Waals surface area contributed by atoms with E-state index in [9.17, 15) is 0 Å². The third kappa shape index (κ3) is 3.21. The Morgan fingerprint density at radius 3 is 1.64 bits per heavy atom. The summed E-state index contributed by atoms with van der Waals surface area (Å²) in [6.07, 6.45) is 0. The number of hydrogen-bond acceptors (Lipinski definition) is 0. The van der Waals surface area contributed by atoms with E-state index in [1.165, 1.54) is 19.7 Å². The van der Waals surface area contributed by atoms with Crippen molar-refractivity contribution in [3.63, 3.8) is 0 Å². The average Bonchev–Trinajstić information content (AvgIpc) is 2.58. The molecule has 0 nitrogen and oxygen atoms in total. The van der Waals surface area contributed by atoms with Gasteiger partial charge in [-0.3, -0.25) is 0 Å². The maximum absolute atomic E-state index is 2.49. The van der Waals surface area contributed by atoms with Crippen molar-refractivity contribution in [1.82, 2.24) is 0 Å². The molecule has 0 amide bonds.